The van der Waals surface area contributed by atoms with E-state index < -0.39 is 67.8 Å². The van der Waals surface area contributed by atoms with E-state index in [1.807, 2.05) is 4.72 Å². The molecule has 13 heteroatoms. The summed E-state index contributed by atoms with van der Waals surface area (Å²) in [6, 6.07) is 0.135. The van der Waals surface area contributed by atoms with Crippen LogP contribution in [0.4, 0.5) is 10.1 Å². The van der Waals surface area contributed by atoms with E-state index in [0.717, 1.165) is 12.3 Å². The van der Waals surface area contributed by atoms with Crippen molar-refractivity contribution in [3.63, 3.8) is 0 Å². The SMILES string of the molecule is CN(C)[C@@H]1C(O)=C(C(N)=O)C2=CP[C@@]23C(=O)C2=C(O)c4c(O)c(NS(C)(=O)=O)cc(F)c4C[C@H]2C[C@@H]13. The number of fused-ring (bicyclic) bond motifs is 2. The van der Waals surface area contributed by atoms with Crippen molar-refractivity contribution in [1.82, 2.24) is 4.90 Å². The molecule has 1 spiro atoms. The van der Waals surface area contributed by atoms with Crippen LogP contribution in [0.25, 0.3) is 5.76 Å². The first-order valence-corrected chi connectivity index (χ1v) is 14.1. The number of phenolic OH excluding ortho intramolecular Hbond substituents is 1. The van der Waals surface area contributed by atoms with E-state index in [-0.39, 0.29) is 49.5 Å². The maximum absolute atomic E-state index is 15.1. The Morgan fingerprint density at radius 1 is 1.31 bits per heavy atom. The molecule has 0 radical (unpaired) electrons. The molecule has 4 aliphatic rings. The number of Topliss-reactive ketones (excluding diaryl/α,β-unsaturated/α-hetero) is 1. The third-order valence-electron chi connectivity index (χ3n) is 7.56. The number of carbonyl (C=O) groups is 2. The molecule has 1 aliphatic heterocycles. The smallest absolute Gasteiger partial charge is 0.252 e. The Kier molecular flexibility index (Phi) is 5.34. The van der Waals surface area contributed by atoms with Crippen molar-refractivity contribution < 1.29 is 37.7 Å². The molecule has 0 bridgehead atoms. The lowest BCUT2D eigenvalue weighted by molar-refractivity contribution is -0.122. The lowest BCUT2D eigenvalue weighted by Crippen LogP contribution is -2.63. The van der Waals surface area contributed by atoms with Crippen LogP contribution in [0.3, 0.4) is 0 Å². The van der Waals surface area contributed by atoms with Gasteiger partial charge in [-0.25, -0.2) is 12.8 Å². The lowest BCUT2D eigenvalue weighted by Gasteiger charge is -2.58. The maximum Gasteiger partial charge on any atom is 0.252 e. The van der Waals surface area contributed by atoms with Crippen LogP contribution in [0, 0.1) is 17.7 Å². The van der Waals surface area contributed by atoms with Crippen molar-refractivity contribution in [2.24, 2.45) is 17.6 Å². The molecule has 5 rings (SSSR count). The number of anilines is 1. The zero-order valence-electron chi connectivity index (χ0n) is 19.6. The molecule has 10 nitrogen and oxygen atoms in total. The van der Waals surface area contributed by atoms with Gasteiger partial charge in [0, 0.05) is 23.1 Å². The van der Waals surface area contributed by atoms with Crippen LogP contribution in [-0.2, 0) is 26.0 Å². The number of nitrogens with two attached hydrogens (primary N) is 1. The largest absolute Gasteiger partial charge is 0.510 e. The average molecular weight is 538 g/mol. The Balaban J connectivity index is 1.71. The standard InChI is InChI=1S/C23H25FN3O7PS/c1-27(2)17-10-5-8-4-9-12(24)6-13(26-36(3,33)34)18(28)15(9)19(29)14(8)21(31)23(10)11(7-35-23)16(20(17)30)22(25)32/h6-8,10,17,26,28-30,35H,4-5H2,1-3H3,(H2,25,32)/t8-,10-,17-,23+/m0/s1. The number of hydrogen-bond donors (Lipinski definition) is 5. The number of amides is 1. The first-order valence-electron chi connectivity index (χ1n) is 11.1. The lowest BCUT2D eigenvalue weighted by atomic mass is 9.57. The second-order valence-electron chi connectivity index (χ2n) is 9.86. The highest BCUT2D eigenvalue weighted by molar-refractivity contribution is 7.92. The van der Waals surface area contributed by atoms with Crippen molar-refractivity contribution in [3.8, 4) is 5.75 Å². The van der Waals surface area contributed by atoms with Gasteiger partial charge in [0.15, 0.2) is 11.5 Å². The Bertz CT molecular complexity index is 1470. The monoisotopic (exact) mass is 537 g/mol. The molecule has 3 aliphatic carbocycles. The fourth-order valence-corrected chi connectivity index (χ4v) is 8.40. The van der Waals surface area contributed by atoms with Gasteiger partial charge in [-0.3, -0.25) is 19.2 Å². The molecular formula is C23H25FN3O7PS. The van der Waals surface area contributed by atoms with Crippen LogP contribution in [0.2, 0.25) is 0 Å². The summed E-state index contributed by atoms with van der Waals surface area (Å²) in [6.45, 7) is 0. The predicted octanol–water partition coefficient (Wildman–Crippen LogP) is 1.49. The molecule has 5 atom stereocenters. The summed E-state index contributed by atoms with van der Waals surface area (Å²) in [5.41, 5.74) is 4.95. The number of hydrogen-bond acceptors (Lipinski definition) is 8. The number of aromatic hydroxyl groups is 1. The summed E-state index contributed by atoms with van der Waals surface area (Å²) >= 11 is 0. The molecule has 1 heterocycles. The van der Waals surface area contributed by atoms with Crippen molar-refractivity contribution in [1.29, 1.82) is 0 Å². The van der Waals surface area contributed by atoms with Crippen LogP contribution >= 0.6 is 8.58 Å². The summed E-state index contributed by atoms with van der Waals surface area (Å²) in [4.78, 5) is 28.1. The molecule has 192 valence electrons. The van der Waals surface area contributed by atoms with Crippen molar-refractivity contribution in [3.05, 3.63) is 51.3 Å². The number of halogens is 1. The number of nitrogens with zero attached hydrogens (tertiary/aromatic N) is 1. The molecule has 1 saturated carbocycles. The summed E-state index contributed by atoms with van der Waals surface area (Å²) in [5, 5.41) is 31.8. The highest BCUT2D eigenvalue weighted by Gasteiger charge is 2.65. The summed E-state index contributed by atoms with van der Waals surface area (Å²) in [5.74, 6) is -3.11. The van der Waals surface area contributed by atoms with Crippen LogP contribution in [0.1, 0.15) is 17.5 Å². The molecule has 1 aromatic rings. The highest BCUT2D eigenvalue weighted by Crippen LogP contribution is 2.67. The zero-order chi connectivity index (χ0) is 26.5. The van der Waals surface area contributed by atoms with Crippen LogP contribution in [0.5, 0.6) is 5.75 Å². The molecule has 6 N–H and O–H groups in total. The number of likely N-dealkylation sites (N-methyl/N-ethyl adjacent to an activating group) is 1. The van der Waals surface area contributed by atoms with Gasteiger partial charge in [0.25, 0.3) is 5.91 Å². The molecule has 1 amide bonds. The predicted molar refractivity (Wildman–Crippen MR) is 132 cm³/mol. The molecule has 1 fully saturated rings. The van der Waals surface area contributed by atoms with Gasteiger partial charge in [-0.1, -0.05) is 14.4 Å². The third-order valence-corrected chi connectivity index (χ3v) is 9.90. The quantitative estimate of drug-likeness (QED) is 0.284. The number of aliphatic hydroxyl groups excluding tert-OH is 2. The number of phenols is 1. The number of primary amides is 1. The molecule has 0 aromatic heterocycles. The first-order chi connectivity index (χ1) is 16.7. The van der Waals surface area contributed by atoms with Crippen molar-refractivity contribution in [2.45, 2.75) is 24.0 Å². The minimum atomic E-state index is -3.88. The van der Waals surface area contributed by atoms with Gasteiger partial charge in [0.1, 0.15) is 17.3 Å². The van der Waals surface area contributed by atoms with Gasteiger partial charge in [-0.2, -0.15) is 0 Å². The number of ketones is 1. The third kappa shape index (κ3) is 3.17. The second kappa shape index (κ2) is 7.77. The van der Waals surface area contributed by atoms with Gasteiger partial charge in [-0.05, 0) is 38.4 Å². The Hall–Kier alpha value is -2.95. The summed E-state index contributed by atoms with van der Waals surface area (Å²) in [7, 11) is -0.505. The van der Waals surface area contributed by atoms with E-state index in [0.29, 0.717) is 5.57 Å². The first kappa shape index (κ1) is 24.7. The fourth-order valence-electron chi connectivity index (χ4n) is 6.22. The van der Waals surface area contributed by atoms with Gasteiger partial charge in [0.2, 0.25) is 10.0 Å². The minimum absolute atomic E-state index is 0.00854. The van der Waals surface area contributed by atoms with E-state index >= 15 is 4.39 Å². The van der Waals surface area contributed by atoms with E-state index in [1.165, 1.54) is 0 Å². The number of carbonyl (C=O) groups excluding carboxylic acids is 2. The van der Waals surface area contributed by atoms with Gasteiger partial charge < -0.3 is 21.1 Å². The number of rotatable bonds is 4. The topological polar surface area (TPSA) is 170 Å². The Morgan fingerprint density at radius 3 is 2.50 bits per heavy atom. The molecule has 1 aromatic carbocycles. The fraction of sp³-hybridized carbons (Fsp3) is 0.391. The highest BCUT2D eigenvalue weighted by atomic mass is 32.2. The van der Waals surface area contributed by atoms with E-state index in [1.54, 1.807) is 24.8 Å². The average Bonchev–Trinajstić information content (AvgIpc) is 2.72. The number of benzene rings is 1. The maximum atomic E-state index is 15.1. The molecule has 0 saturated heterocycles. The van der Waals surface area contributed by atoms with Gasteiger partial charge in [-0.15, -0.1) is 0 Å². The van der Waals surface area contributed by atoms with Gasteiger partial charge >= 0.3 is 0 Å². The molecule has 36 heavy (non-hydrogen) atoms. The number of aliphatic hydroxyl groups is 2. The van der Waals surface area contributed by atoms with Crippen LogP contribution in [0.15, 0.2) is 34.4 Å². The van der Waals surface area contributed by atoms with Crippen LogP contribution < -0.4 is 10.5 Å². The zero-order valence-corrected chi connectivity index (χ0v) is 21.4. The van der Waals surface area contributed by atoms with Gasteiger partial charge in [0.05, 0.1) is 34.3 Å². The normalized spacial score (nSPS) is 29.8. The minimum Gasteiger partial charge on any atom is -0.510 e. The molecule has 1 unspecified atom stereocenters. The van der Waals surface area contributed by atoms with E-state index in [2.05, 4.69) is 0 Å². The number of sulfonamides is 1. The van der Waals surface area contributed by atoms with Crippen molar-refractivity contribution in [2.75, 3.05) is 25.1 Å². The Morgan fingerprint density at radius 2 is 1.97 bits per heavy atom. The summed E-state index contributed by atoms with van der Waals surface area (Å²) in [6.07, 6.45) is 1.09. The number of allylic oxidation sites excluding steroid dienone is 1. The van der Waals surface area contributed by atoms with E-state index in [4.69, 9.17) is 5.73 Å². The number of nitrogens with one attached hydrogen (secondary N) is 1. The van der Waals surface area contributed by atoms with E-state index in [9.17, 15) is 33.3 Å². The van der Waals surface area contributed by atoms with Crippen LogP contribution in [-0.4, -0.2) is 71.9 Å². The van der Waals surface area contributed by atoms with Crippen molar-refractivity contribution >= 4 is 41.7 Å². The molecular weight excluding hydrogens is 512 g/mol. The Labute approximate surface area is 208 Å². The summed E-state index contributed by atoms with van der Waals surface area (Å²) < 4.78 is 40.5. The second-order valence-corrected chi connectivity index (χ2v) is 13.0.